The Morgan fingerprint density at radius 1 is 1.45 bits per heavy atom. The van der Waals surface area contributed by atoms with E-state index in [4.69, 9.17) is 0 Å². The van der Waals surface area contributed by atoms with Crippen molar-refractivity contribution in [3.63, 3.8) is 0 Å². The lowest BCUT2D eigenvalue weighted by Gasteiger charge is -2.26. The van der Waals surface area contributed by atoms with Gasteiger partial charge in [0.2, 0.25) is 10.0 Å². The summed E-state index contributed by atoms with van der Waals surface area (Å²) in [6.45, 7) is 4.08. The summed E-state index contributed by atoms with van der Waals surface area (Å²) < 4.78 is 24.8. The first-order valence-corrected chi connectivity index (χ1v) is 5.66. The molecule has 1 heterocycles. The molecule has 0 aromatic carbocycles. The van der Waals surface area contributed by atoms with E-state index in [-0.39, 0.29) is 6.04 Å². The molecule has 0 amide bonds. The van der Waals surface area contributed by atoms with Crippen molar-refractivity contribution in [2.24, 2.45) is 5.92 Å². The Labute approximate surface area is 68.2 Å². The Morgan fingerprint density at radius 3 is 2.45 bits per heavy atom. The van der Waals surface area contributed by atoms with E-state index in [1.807, 2.05) is 13.8 Å². The monoisotopic (exact) mass is 177 g/mol. The number of sulfonamides is 1. The van der Waals surface area contributed by atoms with Crippen molar-refractivity contribution in [1.82, 2.24) is 4.72 Å². The summed E-state index contributed by atoms with van der Waals surface area (Å²) in [4.78, 5) is 0. The van der Waals surface area contributed by atoms with E-state index in [9.17, 15) is 8.42 Å². The number of rotatable bonds is 1. The lowest BCUT2D eigenvalue weighted by atomic mass is 10.0. The molecule has 3 nitrogen and oxygen atoms in total. The molecule has 0 bridgehead atoms. The molecule has 0 spiro atoms. The van der Waals surface area contributed by atoms with E-state index in [0.29, 0.717) is 11.7 Å². The Kier molecular flexibility index (Phi) is 2.54. The predicted molar refractivity (Wildman–Crippen MR) is 44.8 cm³/mol. The van der Waals surface area contributed by atoms with E-state index >= 15 is 0 Å². The van der Waals surface area contributed by atoms with E-state index in [0.717, 1.165) is 12.8 Å². The summed E-state index contributed by atoms with van der Waals surface area (Å²) in [7, 11) is -2.93. The van der Waals surface area contributed by atoms with Crippen LogP contribution < -0.4 is 4.72 Å². The fourth-order valence-corrected chi connectivity index (χ4v) is 2.83. The first-order chi connectivity index (χ1) is 5.01. The van der Waals surface area contributed by atoms with Crippen LogP contribution in [-0.2, 0) is 10.0 Å². The molecule has 0 aromatic heterocycles. The van der Waals surface area contributed by atoms with Crippen molar-refractivity contribution in [3.8, 4) is 0 Å². The third-order valence-electron chi connectivity index (χ3n) is 2.06. The van der Waals surface area contributed by atoms with Crippen molar-refractivity contribution in [2.75, 3.05) is 5.75 Å². The zero-order valence-electron chi connectivity index (χ0n) is 7.00. The third-order valence-corrected chi connectivity index (χ3v) is 3.55. The van der Waals surface area contributed by atoms with E-state index < -0.39 is 10.0 Å². The first-order valence-electron chi connectivity index (χ1n) is 4.01. The normalized spacial score (nSPS) is 30.6. The molecule has 66 valence electrons. The van der Waals surface area contributed by atoms with Gasteiger partial charge in [-0.05, 0) is 18.8 Å². The number of hydrogen-bond acceptors (Lipinski definition) is 2. The van der Waals surface area contributed by atoms with E-state index in [2.05, 4.69) is 4.72 Å². The highest BCUT2D eigenvalue weighted by Crippen LogP contribution is 2.15. The molecule has 1 rings (SSSR count). The second kappa shape index (κ2) is 3.11. The molecule has 0 aromatic rings. The predicted octanol–water partition coefficient (Wildman–Crippen LogP) is 0.724. The van der Waals surface area contributed by atoms with E-state index in [1.54, 1.807) is 0 Å². The summed E-state index contributed by atoms with van der Waals surface area (Å²) in [5.41, 5.74) is 0. The molecule has 4 heteroatoms. The Hall–Kier alpha value is -0.0900. The number of hydrogen-bond donors (Lipinski definition) is 1. The Bertz CT molecular complexity index is 221. The van der Waals surface area contributed by atoms with Gasteiger partial charge in [0.05, 0.1) is 5.75 Å². The van der Waals surface area contributed by atoms with Crippen LogP contribution in [0.5, 0.6) is 0 Å². The summed E-state index contributed by atoms with van der Waals surface area (Å²) >= 11 is 0. The quantitative estimate of drug-likeness (QED) is 0.641. The van der Waals surface area contributed by atoms with Crippen LogP contribution in [-0.4, -0.2) is 20.2 Å². The van der Waals surface area contributed by atoms with Crippen molar-refractivity contribution < 1.29 is 8.42 Å². The van der Waals surface area contributed by atoms with Gasteiger partial charge in [-0.25, -0.2) is 13.1 Å². The van der Waals surface area contributed by atoms with Gasteiger partial charge in [0.1, 0.15) is 0 Å². The average Bonchev–Trinajstić information content (AvgIpc) is 1.85. The van der Waals surface area contributed by atoms with Gasteiger partial charge in [-0.1, -0.05) is 13.8 Å². The van der Waals surface area contributed by atoms with Crippen LogP contribution in [0.15, 0.2) is 0 Å². The highest BCUT2D eigenvalue weighted by Gasteiger charge is 2.25. The molecule has 1 atom stereocenters. The Balaban J connectivity index is 2.61. The molecule has 1 fully saturated rings. The zero-order valence-corrected chi connectivity index (χ0v) is 7.82. The molecule has 11 heavy (non-hydrogen) atoms. The van der Waals surface area contributed by atoms with E-state index in [1.165, 1.54) is 0 Å². The van der Waals surface area contributed by atoms with Gasteiger partial charge in [0.25, 0.3) is 0 Å². The summed E-state index contributed by atoms with van der Waals surface area (Å²) in [6, 6.07) is 0.161. The van der Waals surface area contributed by atoms with Gasteiger partial charge in [0.15, 0.2) is 0 Å². The van der Waals surface area contributed by atoms with Crippen LogP contribution in [0.1, 0.15) is 26.7 Å². The maximum absolute atomic E-state index is 11.1. The minimum Gasteiger partial charge on any atom is -0.212 e. The van der Waals surface area contributed by atoms with Crippen molar-refractivity contribution >= 4 is 10.0 Å². The molecule has 1 N–H and O–H groups in total. The second-order valence-electron chi connectivity index (χ2n) is 3.43. The van der Waals surface area contributed by atoms with Crippen LogP contribution in [0.2, 0.25) is 0 Å². The van der Waals surface area contributed by atoms with Crippen LogP contribution in [0.25, 0.3) is 0 Å². The van der Waals surface area contributed by atoms with Crippen molar-refractivity contribution in [3.05, 3.63) is 0 Å². The minimum absolute atomic E-state index is 0.161. The van der Waals surface area contributed by atoms with Gasteiger partial charge in [-0.15, -0.1) is 0 Å². The lowest BCUT2D eigenvalue weighted by molar-refractivity contribution is 0.404. The fourth-order valence-electron chi connectivity index (χ4n) is 1.31. The molecule has 1 saturated heterocycles. The fraction of sp³-hybridized carbons (Fsp3) is 1.00. The van der Waals surface area contributed by atoms with Crippen LogP contribution in [0, 0.1) is 5.92 Å². The van der Waals surface area contributed by atoms with Gasteiger partial charge < -0.3 is 0 Å². The maximum atomic E-state index is 11.1. The van der Waals surface area contributed by atoms with Gasteiger partial charge in [-0.2, -0.15) is 0 Å². The Morgan fingerprint density at radius 2 is 2.09 bits per heavy atom. The largest absolute Gasteiger partial charge is 0.212 e. The number of nitrogens with one attached hydrogen (secondary N) is 1. The highest BCUT2D eigenvalue weighted by atomic mass is 32.2. The zero-order chi connectivity index (χ0) is 8.48. The molecular weight excluding hydrogens is 162 g/mol. The molecular formula is C7H15NO2S. The van der Waals surface area contributed by atoms with Gasteiger partial charge in [0, 0.05) is 6.04 Å². The third kappa shape index (κ3) is 2.45. The second-order valence-corrected chi connectivity index (χ2v) is 5.30. The van der Waals surface area contributed by atoms with Crippen LogP contribution in [0.4, 0.5) is 0 Å². The van der Waals surface area contributed by atoms with Crippen molar-refractivity contribution in [1.29, 1.82) is 0 Å². The first kappa shape index (κ1) is 9.00. The molecule has 0 saturated carbocycles. The molecule has 0 unspecified atom stereocenters. The molecule has 0 aliphatic carbocycles. The smallest absolute Gasteiger partial charge is 0.211 e. The summed E-state index contributed by atoms with van der Waals surface area (Å²) in [6.07, 6.45) is 1.79. The summed E-state index contributed by atoms with van der Waals surface area (Å²) in [5.74, 6) is 0.709. The lowest BCUT2D eigenvalue weighted by Crippen LogP contribution is -2.43. The maximum Gasteiger partial charge on any atom is 0.211 e. The van der Waals surface area contributed by atoms with Crippen LogP contribution >= 0.6 is 0 Å². The van der Waals surface area contributed by atoms with Gasteiger partial charge >= 0.3 is 0 Å². The minimum atomic E-state index is -2.93. The standard InChI is InChI=1S/C7H15NO2S/c1-6(2)7-4-3-5-11(9,10)8-7/h6-8H,3-5H2,1-2H3/t7-/m1/s1. The summed E-state index contributed by atoms with van der Waals surface area (Å²) in [5, 5.41) is 0. The van der Waals surface area contributed by atoms with Gasteiger partial charge in [-0.3, -0.25) is 0 Å². The highest BCUT2D eigenvalue weighted by molar-refractivity contribution is 7.89. The van der Waals surface area contributed by atoms with Crippen LogP contribution in [0.3, 0.4) is 0 Å². The molecule has 0 radical (unpaired) electrons. The van der Waals surface area contributed by atoms with Crippen molar-refractivity contribution in [2.45, 2.75) is 32.7 Å². The molecule has 1 aliphatic heterocycles. The molecule has 1 aliphatic rings. The topological polar surface area (TPSA) is 46.2 Å². The average molecular weight is 177 g/mol. The SMILES string of the molecule is CC(C)[C@H]1CCCS(=O)(=O)N1.